The monoisotopic (exact) mass is 426 g/mol. The van der Waals surface area contributed by atoms with Gasteiger partial charge in [0.05, 0.1) is 22.2 Å². The third-order valence-corrected chi connectivity index (χ3v) is 6.21. The van der Waals surface area contributed by atoms with Crippen LogP contribution in [0.1, 0.15) is 11.3 Å². The molecule has 0 saturated heterocycles. The molecule has 6 rings (SSSR count). The quantitative estimate of drug-likeness (QED) is 0.284. The maximum absolute atomic E-state index is 4.67. The van der Waals surface area contributed by atoms with Gasteiger partial charge in [0, 0.05) is 28.6 Å². The first-order valence-corrected chi connectivity index (χ1v) is 11.0. The molecule has 0 fully saturated rings. The Hall–Kier alpha value is -4.44. The Morgan fingerprint density at radius 2 is 1.36 bits per heavy atom. The van der Waals surface area contributed by atoms with Crippen molar-refractivity contribution >= 4 is 38.8 Å². The molecule has 0 aliphatic heterocycles. The van der Waals surface area contributed by atoms with E-state index in [1.807, 2.05) is 48.8 Å². The number of rotatable bonds is 4. The molecule has 4 heterocycles. The molecule has 4 aromatic heterocycles. The average Bonchev–Trinajstić information content (AvgIpc) is 3.34. The van der Waals surface area contributed by atoms with Crippen molar-refractivity contribution in [3.63, 3.8) is 0 Å². The number of hydrogen-bond donors (Lipinski definition) is 0. The highest BCUT2D eigenvalue weighted by atomic mass is 15.1. The Morgan fingerprint density at radius 3 is 2.06 bits per heavy atom. The predicted molar refractivity (Wildman–Crippen MR) is 137 cm³/mol. The van der Waals surface area contributed by atoms with Gasteiger partial charge in [0.25, 0.3) is 0 Å². The topological polar surface area (TPSA) is 35.6 Å². The standard InChI is InChI=1S/C29H22N4/c1-3-4-12-24-20(2)22-18-23-21-11-5-6-13-25(21)33(29-15-8-10-17-31-29)27(23)19-26(22)32(24)28-14-7-9-16-30-28/h3-19H,1H2,2H3/b12-4-. The summed E-state index contributed by atoms with van der Waals surface area (Å²) in [6.07, 6.45) is 9.56. The molecule has 0 spiro atoms. The lowest BCUT2D eigenvalue weighted by Crippen LogP contribution is -2.00. The van der Waals surface area contributed by atoms with Crippen LogP contribution in [-0.4, -0.2) is 19.1 Å². The van der Waals surface area contributed by atoms with E-state index in [2.05, 4.69) is 81.1 Å². The molecule has 0 aliphatic rings. The van der Waals surface area contributed by atoms with Crippen LogP contribution < -0.4 is 0 Å². The van der Waals surface area contributed by atoms with Gasteiger partial charge < -0.3 is 0 Å². The van der Waals surface area contributed by atoms with Crippen molar-refractivity contribution < 1.29 is 0 Å². The fourth-order valence-electron chi connectivity index (χ4n) is 4.75. The first-order valence-electron chi connectivity index (χ1n) is 11.0. The normalized spacial score (nSPS) is 11.8. The SMILES string of the molecule is C=C/C=C\c1c(C)c2cc3c4ccccc4n(-c4ccccn4)c3cc2n1-c1ccccn1. The molecule has 0 saturated carbocycles. The van der Waals surface area contributed by atoms with E-state index in [0.29, 0.717) is 0 Å². The van der Waals surface area contributed by atoms with Crippen LogP contribution in [0, 0.1) is 6.92 Å². The molecule has 0 bridgehead atoms. The Bertz CT molecular complexity index is 1670. The van der Waals surface area contributed by atoms with E-state index >= 15 is 0 Å². The molecule has 158 valence electrons. The minimum Gasteiger partial charge on any atom is -0.294 e. The molecular weight excluding hydrogens is 404 g/mol. The van der Waals surface area contributed by atoms with Crippen LogP contribution in [0.25, 0.3) is 50.4 Å². The maximum atomic E-state index is 4.67. The third kappa shape index (κ3) is 2.92. The van der Waals surface area contributed by atoms with Crippen molar-refractivity contribution in [3.05, 3.63) is 115 Å². The van der Waals surface area contributed by atoms with E-state index in [4.69, 9.17) is 0 Å². The fourth-order valence-corrected chi connectivity index (χ4v) is 4.75. The van der Waals surface area contributed by atoms with Crippen molar-refractivity contribution in [1.29, 1.82) is 0 Å². The molecule has 33 heavy (non-hydrogen) atoms. The van der Waals surface area contributed by atoms with E-state index in [-0.39, 0.29) is 0 Å². The van der Waals surface area contributed by atoms with Gasteiger partial charge in [0.15, 0.2) is 0 Å². The molecule has 6 aromatic rings. The highest BCUT2D eigenvalue weighted by molar-refractivity contribution is 6.14. The number of nitrogens with zero attached hydrogens (tertiary/aromatic N) is 4. The molecule has 0 aliphatic carbocycles. The Labute approximate surface area is 191 Å². The molecular formula is C29H22N4. The van der Waals surface area contributed by atoms with Gasteiger partial charge in [-0.05, 0) is 61.0 Å². The van der Waals surface area contributed by atoms with E-state index in [1.165, 1.54) is 21.7 Å². The largest absolute Gasteiger partial charge is 0.294 e. The smallest absolute Gasteiger partial charge is 0.137 e. The van der Waals surface area contributed by atoms with Gasteiger partial charge in [-0.1, -0.05) is 49.1 Å². The van der Waals surface area contributed by atoms with E-state index in [0.717, 1.165) is 33.9 Å². The summed E-state index contributed by atoms with van der Waals surface area (Å²) in [5.41, 5.74) is 5.70. The number of benzene rings is 2. The first kappa shape index (κ1) is 19.3. The van der Waals surface area contributed by atoms with E-state index in [1.54, 1.807) is 6.08 Å². The lowest BCUT2D eigenvalue weighted by molar-refractivity contribution is 1.02. The molecule has 0 radical (unpaired) electrons. The molecule has 0 atom stereocenters. The molecule has 4 nitrogen and oxygen atoms in total. The van der Waals surface area contributed by atoms with Crippen LogP contribution in [0.3, 0.4) is 0 Å². The van der Waals surface area contributed by atoms with Crippen molar-refractivity contribution in [2.45, 2.75) is 6.92 Å². The highest BCUT2D eigenvalue weighted by Crippen LogP contribution is 2.38. The molecule has 0 unspecified atom stereocenters. The van der Waals surface area contributed by atoms with Crippen LogP contribution >= 0.6 is 0 Å². The summed E-state index contributed by atoms with van der Waals surface area (Å²) in [6, 6.07) is 25.1. The summed E-state index contributed by atoms with van der Waals surface area (Å²) in [7, 11) is 0. The predicted octanol–water partition coefficient (Wildman–Crippen LogP) is 7.03. The van der Waals surface area contributed by atoms with Gasteiger partial charge in [-0.2, -0.15) is 0 Å². The summed E-state index contributed by atoms with van der Waals surface area (Å²) in [5, 5.41) is 3.64. The zero-order chi connectivity index (χ0) is 22.4. The van der Waals surface area contributed by atoms with Gasteiger partial charge in [0.2, 0.25) is 0 Å². The summed E-state index contributed by atoms with van der Waals surface area (Å²) in [4.78, 5) is 9.34. The zero-order valence-electron chi connectivity index (χ0n) is 18.3. The lowest BCUT2D eigenvalue weighted by atomic mass is 10.1. The van der Waals surface area contributed by atoms with Gasteiger partial charge >= 0.3 is 0 Å². The van der Waals surface area contributed by atoms with Crippen molar-refractivity contribution in [3.8, 4) is 11.6 Å². The Kier molecular flexibility index (Phi) is 4.44. The van der Waals surface area contributed by atoms with Gasteiger partial charge in [-0.25, -0.2) is 9.97 Å². The number of fused-ring (bicyclic) bond motifs is 4. The number of para-hydroxylation sites is 1. The van der Waals surface area contributed by atoms with Gasteiger partial charge in [0.1, 0.15) is 11.6 Å². The van der Waals surface area contributed by atoms with Crippen LogP contribution in [0.4, 0.5) is 0 Å². The zero-order valence-corrected chi connectivity index (χ0v) is 18.3. The lowest BCUT2D eigenvalue weighted by Gasteiger charge is -2.09. The first-order chi connectivity index (χ1) is 16.3. The van der Waals surface area contributed by atoms with Gasteiger partial charge in [-0.3, -0.25) is 9.13 Å². The molecule has 4 heteroatoms. The molecule has 2 aromatic carbocycles. The van der Waals surface area contributed by atoms with Crippen LogP contribution in [0.2, 0.25) is 0 Å². The number of aryl methyl sites for hydroxylation is 1. The second kappa shape index (κ2) is 7.61. The number of aromatic nitrogens is 4. The van der Waals surface area contributed by atoms with E-state index < -0.39 is 0 Å². The summed E-state index contributed by atoms with van der Waals surface area (Å²) in [5.74, 6) is 1.79. The highest BCUT2D eigenvalue weighted by Gasteiger charge is 2.19. The number of pyridine rings is 2. The van der Waals surface area contributed by atoms with Crippen molar-refractivity contribution in [2.24, 2.45) is 0 Å². The number of hydrogen-bond acceptors (Lipinski definition) is 2. The molecule has 0 N–H and O–H groups in total. The second-order valence-corrected chi connectivity index (χ2v) is 8.06. The molecule has 0 amide bonds. The summed E-state index contributed by atoms with van der Waals surface area (Å²) in [6.45, 7) is 6.03. The number of allylic oxidation sites excluding steroid dienone is 2. The average molecular weight is 427 g/mol. The van der Waals surface area contributed by atoms with Crippen LogP contribution in [0.5, 0.6) is 0 Å². The van der Waals surface area contributed by atoms with E-state index in [9.17, 15) is 0 Å². The maximum Gasteiger partial charge on any atom is 0.137 e. The summed E-state index contributed by atoms with van der Waals surface area (Å²) >= 11 is 0. The second-order valence-electron chi connectivity index (χ2n) is 8.06. The van der Waals surface area contributed by atoms with Gasteiger partial charge in [-0.15, -0.1) is 0 Å². The van der Waals surface area contributed by atoms with Crippen LogP contribution in [0.15, 0.2) is 104 Å². The minimum absolute atomic E-state index is 0.888. The Balaban J connectivity index is 1.80. The minimum atomic E-state index is 0.888. The third-order valence-electron chi connectivity index (χ3n) is 6.21. The fraction of sp³-hybridized carbons (Fsp3) is 0.0345. The summed E-state index contributed by atoms with van der Waals surface area (Å²) < 4.78 is 4.47. The van der Waals surface area contributed by atoms with Crippen molar-refractivity contribution in [2.75, 3.05) is 0 Å². The Morgan fingerprint density at radius 1 is 0.697 bits per heavy atom. The van der Waals surface area contributed by atoms with Crippen molar-refractivity contribution in [1.82, 2.24) is 19.1 Å². The van der Waals surface area contributed by atoms with Crippen LogP contribution in [-0.2, 0) is 0 Å².